The lowest BCUT2D eigenvalue weighted by Gasteiger charge is -2.32. The summed E-state index contributed by atoms with van der Waals surface area (Å²) in [6.45, 7) is 10.00. The molecule has 5 heteroatoms. The third kappa shape index (κ3) is 6.95. The van der Waals surface area contributed by atoms with E-state index in [1.165, 1.54) is 11.1 Å². The maximum Gasteiger partial charge on any atom is 0.187 e. The number of hydrogen-bond acceptors (Lipinski definition) is 5. The molecule has 8 atom stereocenters. The molecule has 2 saturated heterocycles. The SMILES string of the molecule is CC[C@H]1OC=C[C@@H](OCc2ccccc2)[C@@H]1C.CC[C@H]1O[C@@H]2O[C@@H]2[C@@H](OCc2ccccc2)[C@@H]1C. The molecule has 35 heavy (non-hydrogen) atoms. The van der Waals surface area contributed by atoms with Gasteiger partial charge in [-0.05, 0) is 30.0 Å². The number of benzene rings is 2. The standard InChI is InChI=1S/C15H20O3.C15H20O2/c1-3-12-10(2)13(14-15(17-12)18-14)16-9-11-7-5-4-6-8-11;1-3-14-12(2)15(9-10-16-14)17-11-13-7-5-4-6-8-13/h4-8,10,12-15H,3,9H2,1-2H3;4-10,12,14-15H,3,11H2,1-2H3/t10-,12-,13+,14-,15-;12-,14-,15-/m11/s1. The van der Waals surface area contributed by atoms with Crippen LogP contribution in [0.4, 0.5) is 0 Å². The number of fused-ring (bicyclic) bond motifs is 1. The van der Waals surface area contributed by atoms with E-state index in [4.69, 9.17) is 23.7 Å². The molecule has 0 aromatic heterocycles. The monoisotopic (exact) mass is 480 g/mol. The fraction of sp³-hybridized carbons (Fsp3) is 0.533. The van der Waals surface area contributed by atoms with E-state index in [0.717, 1.165) is 12.8 Å². The lowest BCUT2D eigenvalue weighted by molar-refractivity contribution is -0.110. The van der Waals surface area contributed by atoms with Gasteiger partial charge in [0.25, 0.3) is 0 Å². The minimum Gasteiger partial charge on any atom is -0.498 e. The first-order valence-corrected chi connectivity index (χ1v) is 13.0. The van der Waals surface area contributed by atoms with Gasteiger partial charge in [-0.2, -0.15) is 0 Å². The lowest BCUT2D eigenvalue weighted by Crippen LogP contribution is -2.42. The van der Waals surface area contributed by atoms with Crippen LogP contribution >= 0.6 is 0 Å². The Morgan fingerprint density at radius 1 is 0.714 bits per heavy atom. The highest BCUT2D eigenvalue weighted by Crippen LogP contribution is 2.41. The molecule has 3 aliphatic heterocycles. The molecule has 0 bridgehead atoms. The van der Waals surface area contributed by atoms with Gasteiger partial charge in [0.2, 0.25) is 0 Å². The first-order chi connectivity index (χ1) is 17.1. The Morgan fingerprint density at radius 3 is 1.91 bits per heavy atom. The summed E-state index contributed by atoms with van der Waals surface area (Å²) in [6, 6.07) is 20.6. The molecule has 2 aromatic carbocycles. The Labute approximate surface area is 210 Å². The molecule has 0 aliphatic carbocycles. The first-order valence-electron chi connectivity index (χ1n) is 13.0. The van der Waals surface area contributed by atoms with Crippen molar-refractivity contribution in [3.63, 3.8) is 0 Å². The predicted molar refractivity (Wildman–Crippen MR) is 136 cm³/mol. The second-order valence-electron chi connectivity index (χ2n) is 9.70. The summed E-state index contributed by atoms with van der Waals surface area (Å²) >= 11 is 0. The van der Waals surface area contributed by atoms with Crippen LogP contribution in [-0.2, 0) is 36.9 Å². The summed E-state index contributed by atoms with van der Waals surface area (Å²) in [5.74, 6) is 0.802. The van der Waals surface area contributed by atoms with E-state index in [1.54, 1.807) is 6.26 Å². The van der Waals surface area contributed by atoms with E-state index >= 15 is 0 Å². The molecule has 0 spiro atoms. The van der Waals surface area contributed by atoms with E-state index < -0.39 is 0 Å². The molecular formula is C30H40O5. The molecule has 0 amide bonds. The van der Waals surface area contributed by atoms with Gasteiger partial charge in [-0.1, -0.05) is 88.4 Å². The molecular weight excluding hydrogens is 440 g/mol. The fourth-order valence-corrected chi connectivity index (χ4v) is 4.92. The molecule has 5 nitrogen and oxygen atoms in total. The van der Waals surface area contributed by atoms with E-state index in [9.17, 15) is 0 Å². The summed E-state index contributed by atoms with van der Waals surface area (Å²) in [4.78, 5) is 0. The van der Waals surface area contributed by atoms with Crippen LogP contribution in [0.1, 0.15) is 51.7 Å². The van der Waals surface area contributed by atoms with Crippen molar-refractivity contribution in [1.82, 2.24) is 0 Å². The van der Waals surface area contributed by atoms with Gasteiger partial charge < -0.3 is 23.7 Å². The summed E-state index contributed by atoms with van der Waals surface area (Å²) in [6.07, 6.45) is 6.82. The molecule has 0 saturated carbocycles. The van der Waals surface area contributed by atoms with Crippen molar-refractivity contribution in [3.05, 3.63) is 84.1 Å². The zero-order valence-corrected chi connectivity index (χ0v) is 21.4. The zero-order valence-electron chi connectivity index (χ0n) is 21.4. The van der Waals surface area contributed by atoms with Gasteiger partial charge in [-0.3, -0.25) is 0 Å². The van der Waals surface area contributed by atoms with E-state index in [0.29, 0.717) is 25.0 Å². The highest BCUT2D eigenvalue weighted by Gasteiger charge is 2.55. The Hall–Kier alpha value is -2.18. The van der Waals surface area contributed by atoms with Gasteiger partial charge >= 0.3 is 0 Å². The van der Waals surface area contributed by atoms with E-state index in [2.05, 4.69) is 52.0 Å². The van der Waals surface area contributed by atoms with E-state index in [-0.39, 0.29) is 36.8 Å². The summed E-state index contributed by atoms with van der Waals surface area (Å²) in [5, 5.41) is 0. The van der Waals surface area contributed by atoms with Crippen LogP contribution in [-0.4, -0.2) is 36.8 Å². The topological polar surface area (TPSA) is 49.5 Å². The van der Waals surface area contributed by atoms with Crippen LogP contribution in [0.3, 0.4) is 0 Å². The minimum atomic E-state index is -0.0214. The fourth-order valence-electron chi connectivity index (χ4n) is 4.92. The van der Waals surface area contributed by atoms with Crippen LogP contribution < -0.4 is 0 Å². The normalized spacial score (nSPS) is 33.1. The van der Waals surface area contributed by atoms with Crippen molar-refractivity contribution in [1.29, 1.82) is 0 Å². The highest BCUT2D eigenvalue weighted by molar-refractivity contribution is 5.14. The van der Waals surface area contributed by atoms with Crippen molar-refractivity contribution in [3.8, 4) is 0 Å². The summed E-state index contributed by atoms with van der Waals surface area (Å²) in [5.41, 5.74) is 2.43. The van der Waals surface area contributed by atoms with Crippen LogP contribution in [0.5, 0.6) is 0 Å². The Kier molecular flexibility index (Phi) is 9.38. The lowest BCUT2D eigenvalue weighted by atomic mass is 9.91. The molecule has 0 unspecified atom stereocenters. The third-order valence-corrected chi connectivity index (χ3v) is 7.22. The maximum atomic E-state index is 6.06. The zero-order chi connectivity index (χ0) is 24.6. The number of rotatable bonds is 8. The second kappa shape index (κ2) is 12.7. The van der Waals surface area contributed by atoms with Gasteiger partial charge in [-0.15, -0.1) is 0 Å². The maximum absolute atomic E-state index is 6.06. The Morgan fingerprint density at radius 2 is 1.31 bits per heavy atom. The van der Waals surface area contributed by atoms with Gasteiger partial charge in [0.15, 0.2) is 6.29 Å². The van der Waals surface area contributed by atoms with Gasteiger partial charge in [-0.25, -0.2) is 0 Å². The predicted octanol–water partition coefficient (Wildman–Crippen LogP) is 6.27. The summed E-state index contributed by atoms with van der Waals surface area (Å²) < 4.78 is 28.9. The minimum absolute atomic E-state index is 0.0214. The van der Waals surface area contributed by atoms with Crippen LogP contribution in [0.2, 0.25) is 0 Å². The molecule has 2 fully saturated rings. The van der Waals surface area contributed by atoms with E-state index in [1.807, 2.05) is 42.5 Å². The first kappa shape index (κ1) is 25.9. The van der Waals surface area contributed by atoms with Crippen molar-refractivity contribution < 1.29 is 23.7 Å². The van der Waals surface area contributed by atoms with Gasteiger partial charge in [0.05, 0.1) is 37.8 Å². The molecule has 3 aliphatic rings. The molecule has 0 N–H and O–H groups in total. The highest BCUT2D eigenvalue weighted by atomic mass is 16.8. The molecule has 3 heterocycles. The molecule has 190 valence electrons. The number of ether oxygens (including phenoxy) is 5. The van der Waals surface area contributed by atoms with Gasteiger partial charge in [0.1, 0.15) is 12.2 Å². The van der Waals surface area contributed by atoms with Crippen molar-refractivity contribution in [2.45, 2.75) is 90.6 Å². The molecule has 5 rings (SSSR count). The number of hydrogen-bond donors (Lipinski definition) is 0. The van der Waals surface area contributed by atoms with Crippen LogP contribution in [0.25, 0.3) is 0 Å². The average molecular weight is 481 g/mol. The van der Waals surface area contributed by atoms with Crippen molar-refractivity contribution in [2.75, 3.05) is 0 Å². The van der Waals surface area contributed by atoms with Crippen molar-refractivity contribution >= 4 is 0 Å². The Balaban J connectivity index is 0.000000165. The average Bonchev–Trinajstić information content (AvgIpc) is 3.68. The number of epoxide rings is 1. The summed E-state index contributed by atoms with van der Waals surface area (Å²) in [7, 11) is 0. The smallest absolute Gasteiger partial charge is 0.187 e. The Bertz CT molecular complexity index is 901. The third-order valence-electron chi connectivity index (χ3n) is 7.22. The quantitative estimate of drug-likeness (QED) is 0.417. The van der Waals surface area contributed by atoms with Crippen molar-refractivity contribution in [2.24, 2.45) is 11.8 Å². The van der Waals surface area contributed by atoms with Crippen LogP contribution in [0.15, 0.2) is 73.0 Å². The molecule has 0 radical (unpaired) electrons. The van der Waals surface area contributed by atoms with Crippen LogP contribution in [0, 0.1) is 11.8 Å². The second-order valence-corrected chi connectivity index (χ2v) is 9.70. The van der Waals surface area contributed by atoms with Gasteiger partial charge in [0, 0.05) is 11.8 Å². The molecule has 2 aromatic rings. The largest absolute Gasteiger partial charge is 0.498 e.